The molecule has 2 rings (SSSR count). The number of benzene rings is 1. The van der Waals surface area contributed by atoms with Crippen molar-refractivity contribution in [2.75, 3.05) is 0 Å². The molecule has 1 atom stereocenters. The molecule has 20 heavy (non-hydrogen) atoms. The van der Waals surface area contributed by atoms with E-state index in [-0.39, 0.29) is 11.9 Å². The van der Waals surface area contributed by atoms with E-state index in [9.17, 15) is 4.39 Å². The van der Waals surface area contributed by atoms with Crippen molar-refractivity contribution in [1.82, 2.24) is 4.98 Å². The first-order chi connectivity index (χ1) is 9.47. The van der Waals surface area contributed by atoms with Crippen molar-refractivity contribution in [3.05, 3.63) is 59.2 Å². The molecule has 1 heterocycles. The predicted molar refractivity (Wildman–Crippen MR) is 77.2 cm³/mol. The summed E-state index contributed by atoms with van der Waals surface area (Å²) < 4.78 is 19.5. The van der Waals surface area contributed by atoms with Crippen LogP contribution in [0.4, 0.5) is 4.39 Å². The third-order valence-corrected chi connectivity index (χ3v) is 2.95. The zero-order valence-electron chi connectivity index (χ0n) is 11.9. The van der Waals surface area contributed by atoms with Crippen LogP contribution in [0.5, 0.6) is 5.75 Å². The van der Waals surface area contributed by atoms with Gasteiger partial charge in [0, 0.05) is 11.8 Å². The molecule has 1 aromatic heterocycles. The maximum atomic E-state index is 13.9. The molecule has 1 aromatic carbocycles. The van der Waals surface area contributed by atoms with E-state index in [0.29, 0.717) is 11.3 Å². The number of halogens is 1. The van der Waals surface area contributed by atoms with Crippen LogP contribution >= 0.6 is 0 Å². The van der Waals surface area contributed by atoms with E-state index in [1.807, 2.05) is 20.8 Å². The second kappa shape index (κ2) is 6.01. The summed E-state index contributed by atoms with van der Waals surface area (Å²) in [5, 5.41) is 0. The molecule has 0 saturated heterocycles. The lowest BCUT2D eigenvalue weighted by Crippen LogP contribution is -2.15. The number of aromatic nitrogens is 1. The van der Waals surface area contributed by atoms with E-state index in [1.54, 1.807) is 30.6 Å². The fourth-order valence-electron chi connectivity index (χ4n) is 2.02. The van der Waals surface area contributed by atoms with Gasteiger partial charge in [-0.1, -0.05) is 17.7 Å². The smallest absolute Gasteiger partial charge is 0.138 e. The van der Waals surface area contributed by atoms with Crippen molar-refractivity contribution in [2.24, 2.45) is 5.73 Å². The first-order valence-electron chi connectivity index (χ1n) is 6.60. The number of rotatable bonds is 4. The quantitative estimate of drug-likeness (QED) is 0.930. The zero-order valence-corrected chi connectivity index (χ0v) is 11.9. The van der Waals surface area contributed by atoms with Gasteiger partial charge in [0.15, 0.2) is 0 Å². The Labute approximate surface area is 118 Å². The number of hydrogen-bond donors (Lipinski definition) is 1. The maximum absolute atomic E-state index is 13.9. The molecular weight excluding hydrogens is 255 g/mol. The summed E-state index contributed by atoms with van der Waals surface area (Å²) in [6.45, 7) is 5.78. The third-order valence-electron chi connectivity index (χ3n) is 2.95. The normalized spacial score (nSPS) is 12.5. The van der Waals surface area contributed by atoms with Crippen LogP contribution in [0, 0.1) is 12.7 Å². The van der Waals surface area contributed by atoms with Gasteiger partial charge in [-0.05, 0) is 38.5 Å². The molecule has 0 aliphatic heterocycles. The molecule has 3 nitrogen and oxygen atoms in total. The fourth-order valence-corrected chi connectivity index (χ4v) is 2.02. The highest BCUT2D eigenvalue weighted by Gasteiger charge is 2.15. The SMILES string of the molecule is Cc1ccc(F)c(C(N)c2cncc(OC(C)C)c2)c1. The monoisotopic (exact) mass is 274 g/mol. The zero-order chi connectivity index (χ0) is 14.7. The Balaban J connectivity index is 2.33. The van der Waals surface area contributed by atoms with Gasteiger partial charge in [0.25, 0.3) is 0 Å². The van der Waals surface area contributed by atoms with Crippen molar-refractivity contribution < 1.29 is 9.13 Å². The average molecular weight is 274 g/mol. The number of pyridine rings is 1. The average Bonchev–Trinajstić information content (AvgIpc) is 2.40. The molecule has 2 N–H and O–H groups in total. The van der Waals surface area contributed by atoms with Gasteiger partial charge in [-0.25, -0.2) is 4.39 Å². The minimum atomic E-state index is -0.557. The number of nitrogens with zero attached hydrogens (tertiary/aromatic N) is 1. The van der Waals surface area contributed by atoms with Crippen LogP contribution in [0.15, 0.2) is 36.7 Å². The van der Waals surface area contributed by atoms with Crippen LogP contribution in [-0.4, -0.2) is 11.1 Å². The standard InChI is InChI=1S/C16H19FN2O/c1-10(2)20-13-7-12(8-19-9-13)16(18)14-6-11(3)4-5-15(14)17/h4-10,16H,18H2,1-3H3. The molecule has 0 aliphatic rings. The lowest BCUT2D eigenvalue weighted by Gasteiger charge is -2.16. The number of nitrogens with two attached hydrogens (primary N) is 1. The molecule has 0 spiro atoms. The summed E-state index contributed by atoms with van der Waals surface area (Å²) in [5.74, 6) is 0.333. The van der Waals surface area contributed by atoms with Gasteiger partial charge < -0.3 is 10.5 Å². The van der Waals surface area contributed by atoms with Crippen LogP contribution in [0.25, 0.3) is 0 Å². The van der Waals surface area contributed by atoms with Crippen LogP contribution < -0.4 is 10.5 Å². The summed E-state index contributed by atoms with van der Waals surface area (Å²) in [5.41, 5.74) is 8.32. The van der Waals surface area contributed by atoms with E-state index in [1.165, 1.54) is 6.07 Å². The van der Waals surface area contributed by atoms with Gasteiger partial charge in [0.2, 0.25) is 0 Å². The Morgan fingerprint density at radius 2 is 1.95 bits per heavy atom. The van der Waals surface area contributed by atoms with Gasteiger partial charge in [-0.3, -0.25) is 4.98 Å². The third kappa shape index (κ3) is 3.33. The summed E-state index contributed by atoms with van der Waals surface area (Å²) >= 11 is 0. The number of aryl methyl sites for hydroxylation is 1. The van der Waals surface area contributed by atoms with Crippen LogP contribution in [0.2, 0.25) is 0 Å². The Bertz CT molecular complexity index is 599. The Morgan fingerprint density at radius 1 is 1.20 bits per heavy atom. The lowest BCUT2D eigenvalue weighted by atomic mass is 9.99. The molecule has 1 unspecified atom stereocenters. The molecule has 0 fully saturated rings. The second-order valence-electron chi connectivity index (χ2n) is 5.12. The summed E-state index contributed by atoms with van der Waals surface area (Å²) in [7, 11) is 0. The molecule has 0 aliphatic carbocycles. The Kier molecular flexibility index (Phi) is 4.35. The molecular formula is C16H19FN2O. The van der Waals surface area contributed by atoms with E-state index >= 15 is 0 Å². The molecule has 2 aromatic rings. The first-order valence-corrected chi connectivity index (χ1v) is 6.60. The minimum Gasteiger partial charge on any atom is -0.489 e. The van der Waals surface area contributed by atoms with Crippen LogP contribution in [0.3, 0.4) is 0 Å². The molecule has 0 radical (unpaired) electrons. The van der Waals surface area contributed by atoms with Gasteiger partial charge in [-0.2, -0.15) is 0 Å². The Morgan fingerprint density at radius 3 is 2.65 bits per heavy atom. The molecule has 4 heteroatoms. The summed E-state index contributed by atoms with van der Waals surface area (Å²) in [6, 6.07) is 6.17. The Hall–Kier alpha value is -1.94. The topological polar surface area (TPSA) is 48.1 Å². The van der Waals surface area contributed by atoms with Gasteiger partial charge in [-0.15, -0.1) is 0 Å². The highest BCUT2D eigenvalue weighted by molar-refractivity contribution is 5.36. The van der Waals surface area contributed by atoms with Gasteiger partial charge >= 0.3 is 0 Å². The van der Waals surface area contributed by atoms with E-state index in [4.69, 9.17) is 10.5 Å². The lowest BCUT2D eigenvalue weighted by molar-refractivity contribution is 0.241. The van der Waals surface area contributed by atoms with Crippen LogP contribution in [-0.2, 0) is 0 Å². The highest BCUT2D eigenvalue weighted by atomic mass is 19.1. The predicted octanol–water partition coefficient (Wildman–Crippen LogP) is 3.36. The molecule has 0 bridgehead atoms. The largest absolute Gasteiger partial charge is 0.489 e. The van der Waals surface area contributed by atoms with Crippen molar-refractivity contribution in [3.63, 3.8) is 0 Å². The van der Waals surface area contributed by atoms with Crippen molar-refractivity contribution in [3.8, 4) is 5.75 Å². The fraction of sp³-hybridized carbons (Fsp3) is 0.312. The van der Waals surface area contributed by atoms with Crippen molar-refractivity contribution in [2.45, 2.75) is 32.9 Å². The second-order valence-corrected chi connectivity index (χ2v) is 5.12. The van der Waals surface area contributed by atoms with E-state index < -0.39 is 6.04 Å². The van der Waals surface area contributed by atoms with E-state index in [0.717, 1.165) is 11.1 Å². The maximum Gasteiger partial charge on any atom is 0.138 e. The number of hydrogen-bond acceptors (Lipinski definition) is 3. The highest BCUT2D eigenvalue weighted by Crippen LogP contribution is 2.25. The minimum absolute atomic E-state index is 0.0546. The van der Waals surface area contributed by atoms with Crippen LogP contribution in [0.1, 0.15) is 36.6 Å². The summed E-state index contributed by atoms with van der Waals surface area (Å²) in [4.78, 5) is 4.11. The van der Waals surface area contributed by atoms with E-state index in [2.05, 4.69) is 4.98 Å². The van der Waals surface area contributed by atoms with Crippen molar-refractivity contribution in [1.29, 1.82) is 0 Å². The molecule has 106 valence electrons. The van der Waals surface area contributed by atoms with Gasteiger partial charge in [0.05, 0.1) is 18.3 Å². The molecule has 0 saturated carbocycles. The number of ether oxygens (including phenoxy) is 1. The molecule has 0 amide bonds. The van der Waals surface area contributed by atoms with Gasteiger partial charge in [0.1, 0.15) is 11.6 Å². The first kappa shape index (κ1) is 14.5. The van der Waals surface area contributed by atoms with Crippen molar-refractivity contribution >= 4 is 0 Å². The summed E-state index contributed by atoms with van der Waals surface area (Å²) in [6.07, 6.45) is 3.32.